The number of aliphatic hydroxyl groups is 1. The van der Waals surface area contributed by atoms with Crippen molar-refractivity contribution >= 4 is 0 Å². The predicted octanol–water partition coefficient (Wildman–Crippen LogP) is 7.33. The second-order valence-corrected chi connectivity index (χ2v) is 11.9. The van der Waals surface area contributed by atoms with Crippen LogP contribution < -0.4 is 0 Å². The van der Waals surface area contributed by atoms with Crippen LogP contribution in [-0.4, -0.2) is 11.2 Å². The zero-order chi connectivity index (χ0) is 21.0. The van der Waals surface area contributed by atoms with Crippen LogP contribution in [0.4, 0.5) is 0 Å². The van der Waals surface area contributed by atoms with Crippen LogP contribution in [0.2, 0.25) is 0 Å². The average molecular weight is 397 g/mol. The van der Waals surface area contributed by atoms with Crippen molar-refractivity contribution in [3.8, 4) is 0 Å². The lowest BCUT2D eigenvalue weighted by Crippen LogP contribution is -2.46. The molecule has 8 atom stereocenters. The Morgan fingerprint density at radius 1 is 0.931 bits per heavy atom. The quantitative estimate of drug-likeness (QED) is 0.493. The molecule has 1 N–H and O–H groups in total. The average Bonchev–Trinajstić information content (AvgIpc) is 3.03. The van der Waals surface area contributed by atoms with Crippen LogP contribution in [-0.2, 0) is 0 Å². The van der Waals surface area contributed by atoms with Crippen molar-refractivity contribution in [2.75, 3.05) is 0 Å². The first-order chi connectivity index (χ1) is 13.7. The lowest BCUT2D eigenvalue weighted by molar-refractivity contribution is 0.0382. The van der Waals surface area contributed by atoms with Gasteiger partial charge in [-0.2, -0.15) is 0 Å². The van der Waals surface area contributed by atoms with E-state index >= 15 is 0 Å². The minimum Gasteiger partial charge on any atom is -0.393 e. The Morgan fingerprint density at radius 2 is 1.69 bits per heavy atom. The summed E-state index contributed by atoms with van der Waals surface area (Å²) in [6.45, 7) is 14.6. The van der Waals surface area contributed by atoms with Gasteiger partial charge in [-0.15, -0.1) is 0 Å². The second-order valence-electron chi connectivity index (χ2n) is 11.9. The van der Waals surface area contributed by atoms with E-state index in [-0.39, 0.29) is 6.10 Å². The van der Waals surface area contributed by atoms with Gasteiger partial charge in [-0.25, -0.2) is 0 Å². The van der Waals surface area contributed by atoms with Crippen molar-refractivity contribution in [3.05, 3.63) is 35.5 Å². The summed E-state index contributed by atoms with van der Waals surface area (Å²) in [5.41, 5.74) is 4.07. The van der Waals surface area contributed by atoms with E-state index in [1.54, 1.807) is 5.57 Å². The molecule has 0 aromatic carbocycles. The largest absolute Gasteiger partial charge is 0.393 e. The summed E-state index contributed by atoms with van der Waals surface area (Å²) in [5, 5.41) is 10.2. The standard InChI is InChI=1S/C28H44O/c1-18(2)19(3)7-8-20(4)24-11-12-25-23-10-9-21-17-22(29)13-15-27(21,5)26(23)14-16-28(24,25)6/h7-10,18-20,22,24-26,29H,11-17H2,1-6H3/t19-,20+,22-,24+,25+,26-,27-,28+/m0/s1. The maximum Gasteiger partial charge on any atom is 0.0578 e. The summed E-state index contributed by atoms with van der Waals surface area (Å²) in [7, 11) is 0. The van der Waals surface area contributed by atoms with E-state index < -0.39 is 0 Å². The predicted molar refractivity (Wildman–Crippen MR) is 123 cm³/mol. The molecule has 4 rings (SSSR count). The Balaban J connectivity index is 1.57. The molecule has 3 fully saturated rings. The number of hydrogen-bond donors (Lipinski definition) is 1. The van der Waals surface area contributed by atoms with Crippen LogP contribution in [0.25, 0.3) is 0 Å². The first kappa shape index (κ1) is 21.4. The zero-order valence-electron chi connectivity index (χ0n) is 19.7. The van der Waals surface area contributed by atoms with Crippen LogP contribution in [0.15, 0.2) is 35.5 Å². The first-order valence-corrected chi connectivity index (χ1v) is 12.4. The van der Waals surface area contributed by atoms with Crippen LogP contribution in [0.5, 0.6) is 0 Å². The highest BCUT2D eigenvalue weighted by molar-refractivity contribution is 5.39. The normalized spacial score (nSPS) is 44.0. The van der Waals surface area contributed by atoms with E-state index in [0.29, 0.717) is 22.7 Å². The summed E-state index contributed by atoms with van der Waals surface area (Å²) < 4.78 is 0. The summed E-state index contributed by atoms with van der Waals surface area (Å²) in [4.78, 5) is 0. The molecule has 0 aliphatic heterocycles. The van der Waals surface area contributed by atoms with Gasteiger partial charge in [0.25, 0.3) is 0 Å². The topological polar surface area (TPSA) is 20.2 Å². The Hall–Kier alpha value is -0.820. The molecule has 0 radical (unpaired) electrons. The first-order valence-electron chi connectivity index (χ1n) is 12.4. The molecular weight excluding hydrogens is 352 g/mol. The smallest absolute Gasteiger partial charge is 0.0578 e. The molecule has 0 bridgehead atoms. The number of hydrogen-bond acceptors (Lipinski definition) is 1. The number of fused-ring (bicyclic) bond motifs is 5. The van der Waals surface area contributed by atoms with E-state index in [2.05, 4.69) is 65.8 Å². The summed E-state index contributed by atoms with van der Waals surface area (Å²) in [6, 6.07) is 0. The Labute approximate surface area is 179 Å². The summed E-state index contributed by atoms with van der Waals surface area (Å²) >= 11 is 0. The molecule has 29 heavy (non-hydrogen) atoms. The monoisotopic (exact) mass is 396 g/mol. The number of aliphatic hydroxyl groups excluding tert-OH is 1. The van der Waals surface area contributed by atoms with Crippen molar-refractivity contribution in [2.24, 2.45) is 46.3 Å². The summed E-state index contributed by atoms with van der Waals surface area (Å²) in [6.07, 6.45) is 18.4. The minimum atomic E-state index is -0.116. The van der Waals surface area contributed by atoms with Gasteiger partial charge >= 0.3 is 0 Å². The van der Waals surface area contributed by atoms with Gasteiger partial charge in [-0.05, 0) is 91.3 Å². The maximum atomic E-state index is 10.2. The number of rotatable bonds is 4. The van der Waals surface area contributed by atoms with Gasteiger partial charge in [0.05, 0.1) is 6.10 Å². The molecular formula is C28H44O. The van der Waals surface area contributed by atoms with Gasteiger partial charge < -0.3 is 5.11 Å². The lowest BCUT2D eigenvalue weighted by Gasteiger charge is -2.55. The molecule has 1 nitrogen and oxygen atoms in total. The molecule has 1 heteroatoms. The molecule has 4 aliphatic rings. The molecule has 0 amide bonds. The van der Waals surface area contributed by atoms with Crippen LogP contribution in [0.3, 0.4) is 0 Å². The molecule has 162 valence electrons. The molecule has 0 unspecified atom stereocenters. The number of allylic oxidation sites excluding steroid dienone is 5. The third kappa shape index (κ3) is 3.50. The molecule has 4 aliphatic carbocycles. The molecule has 0 aromatic rings. The Morgan fingerprint density at radius 3 is 2.41 bits per heavy atom. The third-order valence-electron chi connectivity index (χ3n) is 10.0. The van der Waals surface area contributed by atoms with Gasteiger partial charge in [0.15, 0.2) is 0 Å². The molecule has 0 heterocycles. The van der Waals surface area contributed by atoms with Gasteiger partial charge in [-0.3, -0.25) is 0 Å². The molecule has 3 saturated carbocycles. The van der Waals surface area contributed by atoms with Gasteiger partial charge in [0.2, 0.25) is 0 Å². The van der Waals surface area contributed by atoms with E-state index in [1.807, 2.05) is 0 Å². The van der Waals surface area contributed by atoms with Crippen LogP contribution >= 0.6 is 0 Å². The SMILES string of the molecule is CC(C)[C@@H](C)C=C[C@@H](C)[C@H]1CC[C@@H]2C3=CC=C4C[C@@H](O)CC[C@]4(C)[C@H]3CC[C@@]21C. The molecule has 0 saturated heterocycles. The Kier molecular flexibility index (Phi) is 5.69. The lowest BCUT2D eigenvalue weighted by atomic mass is 9.50. The highest BCUT2D eigenvalue weighted by Gasteiger charge is 2.56. The highest BCUT2D eigenvalue weighted by atomic mass is 16.3. The van der Waals surface area contributed by atoms with Crippen LogP contribution in [0, 0.1) is 46.3 Å². The van der Waals surface area contributed by atoms with Crippen molar-refractivity contribution in [2.45, 2.75) is 92.6 Å². The van der Waals surface area contributed by atoms with E-state index in [1.165, 1.54) is 37.7 Å². The van der Waals surface area contributed by atoms with E-state index in [4.69, 9.17) is 0 Å². The minimum absolute atomic E-state index is 0.116. The van der Waals surface area contributed by atoms with Crippen molar-refractivity contribution < 1.29 is 5.11 Å². The maximum absolute atomic E-state index is 10.2. The van der Waals surface area contributed by atoms with Crippen LogP contribution in [0.1, 0.15) is 86.5 Å². The van der Waals surface area contributed by atoms with Crippen molar-refractivity contribution in [3.63, 3.8) is 0 Å². The van der Waals surface area contributed by atoms with E-state index in [9.17, 15) is 5.11 Å². The Bertz CT molecular complexity index is 712. The summed E-state index contributed by atoms with van der Waals surface area (Å²) in [5.74, 6) is 4.38. The van der Waals surface area contributed by atoms with Gasteiger partial charge in [0.1, 0.15) is 0 Å². The highest BCUT2D eigenvalue weighted by Crippen LogP contribution is 2.65. The van der Waals surface area contributed by atoms with Gasteiger partial charge in [-0.1, -0.05) is 77.0 Å². The third-order valence-corrected chi connectivity index (χ3v) is 10.0. The fourth-order valence-electron chi connectivity index (χ4n) is 7.59. The second kappa shape index (κ2) is 7.70. The van der Waals surface area contributed by atoms with E-state index in [0.717, 1.165) is 36.5 Å². The fraction of sp³-hybridized carbons (Fsp3) is 0.786. The zero-order valence-corrected chi connectivity index (χ0v) is 19.7. The van der Waals surface area contributed by atoms with Crippen molar-refractivity contribution in [1.82, 2.24) is 0 Å². The fourth-order valence-corrected chi connectivity index (χ4v) is 7.59. The molecule has 0 spiro atoms. The molecule has 0 aromatic heterocycles. The van der Waals surface area contributed by atoms with Gasteiger partial charge in [0, 0.05) is 0 Å². The van der Waals surface area contributed by atoms with Crippen molar-refractivity contribution in [1.29, 1.82) is 0 Å².